The van der Waals surface area contributed by atoms with Crippen LogP contribution < -0.4 is 0 Å². The Bertz CT molecular complexity index is 586. The molecule has 0 radical (unpaired) electrons. The standard InChI is InChI=1S/C13H14ClNO5S/c14-11-2-1-9(7-10(11)13(17)18)21(19)8-12(16)15-3-5-20-6-4-15/h1-2,7H,3-6,8H2,(H,17,18). The van der Waals surface area contributed by atoms with Crippen molar-refractivity contribution in [1.82, 2.24) is 4.90 Å². The minimum absolute atomic E-state index is 0.0720. The van der Waals surface area contributed by atoms with Gasteiger partial charge in [0.15, 0.2) is 0 Å². The van der Waals surface area contributed by atoms with Gasteiger partial charge in [0, 0.05) is 18.0 Å². The van der Waals surface area contributed by atoms with E-state index in [1.807, 2.05) is 0 Å². The van der Waals surface area contributed by atoms with Gasteiger partial charge in [-0.1, -0.05) is 11.6 Å². The van der Waals surface area contributed by atoms with E-state index in [9.17, 15) is 13.8 Å². The summed E-state index contributed by atoms with van der Waals surface area (Å²) in [5, 5.41) is 9.06. The molecule has 6 nitrogen and oxygen atoms in total. The van der Waals surface area contributed by atoms with Gasteiger partial charge in [0.25, 0.3) is 0 Å². The van der Waals surface area contributed by atoms with Crippen LogP contribution in [0.4, 0.5) is 0 Å². The van der Waals surface area contributed by atoms with E-state index in [-0.39, 0.29) is 27.1 Å². The predicted molar refractivity (Wildman–Crippen MR) is 77.1 cm³/mol. The molecular weight excluding hydrogens is 318 g/mol. The third kappa shape index (κ3) is 4.03. The molecule has 8 heteroatoms. The average Bonchev–Trinajstić information content (AvgIpc) is 2.48. The van der Waals surface area contributed by atoms with Crippen molar-refractivity contribution < 1.29 is 23.6 Å². The van der Waals surface area contributed by atoms with E-state index in [4.69, 9.17) is 21.4 Å². The van der Waals surface area contributed by atoms with Crippen LogP contribution in [0.1, 0.15) is 10.4 Å². The summed E-state index contributed by atoms with van der Waals surface area (Å²) < 4.78 is 17.3. The third-order valence-corrected chi connectivity index (χ3v) is 4.67. The number of amides is 1. The van der Waals surface area contributed by atoms with E-state index in [2.05, 4.69) is 0 Å². The Hall–Kier alpha value is -1.44. The Labute approximate surface area is 129 Å². The molecule has 1 heterocycles. The molecule has 21 heavy (non-hydrogen) atoms. The summed E-state index contributed by atoms with van der Waals surface area (Å²) in [6, 6.07) is 4.09. The molecule has 0 aliphatic carbocycles. The normalized spacial score (nSPS) is 16.5. The van der Waals surface area contributed by atoms with Gasteiger partial charge >= 0.3 is 5.97 Å². The van der Waals surface area contributed by atoms with Crippen molar-refractivity contribution in [2.75, 3.05) is 32.1 Å². The smallest absolute Gasteiger partial charge is 0.337 e. The molecule has 1 unspecified atom stereocenters. The van der Waals surface area contributed by atoms with Crippen LogP contribution in [-0.4, -0.2) is 58.1 Å². The van der Waals surface area contributed by atoms with Gasteiger partial charge < -0.3 is 14.7 Å². The number of carbonyl (C=O) groups excluding carboxylic acids is 1. The summed E-state index contributed by atoms with van der Waals surface area (Å²) in [6.07, 6.45) is 0. The first kappa shape index (κ1) is 15.9. The van der Waals surface area contributed by atoms with Crippen LogP contribution in [0.15, 0.2) is 23.1 Å². The Morgan fingerprint density at radius 3 is 2.62 bits per heavy atom. The number of nitrogens with zero attached hydrogens (tertiary/aromatic N) is 1. The van der Waals surface area contributed by atoms with Crippen molar-refractivity contribution in [3.05, 3.63) is 28.8 Å². The molecule has 0 aromatic heterocycles. The summed E-state index contributed by atoms with van der Waals surface area (Å²) in [6.45, 7) is 1.92. The first-order valence-electron chi connectivity index (χ1n) is 6.26. The molecule has 114 valence electrons. The van der Waals surface area contributed by atoms with Gasteiger partial charge in [-0.2, -0.15) is 0 Å². The van der Waals surface area contributed by atoms with E-state index >= 15 is 0 Å². The number of aromatic carboxylic acids is 1. The van der Waals surface area contributed by atoms with Gasteiger partial charge in [-0.15, -0.1) is 0 Å². The molecule has 1 fully saturated rings. The monoisotopic (exact) mass is 331 g/mol. The molecule has 2 rings (SSSR count). The molecule has 0 spiro atoms. The highest BCUT2D eigenvalue weighted by Gasteiger charge is 2.20. The van der Waals surface area contributed by atoms with Crippen molar-refractivity contribution in [1.29, 1.82) is 0 Å². The topological polar surface area (TPSA) is 83.9 Å². The molecule has 1 aromatic carbocycles. The molecule has 1 amide bonds. The van der Waals surface area contributed by atoms with Gasteiger partial charge in [0.05, 0.1) is 34.6 Å². The highest BCUT2D eigenvalue weighted by atomic mass is 35.5. The van der Waals surface area contributed by atoms with Crippen LogP contribution in [0.5, 0.6) is 0 Å². The molecule has 1 N–H and O–H groups in total. The second-order valence-corrected chi connectivity index (χ2v) is 6.29. The van der Waals surface area contributed by atoms with Crippen LogP contribution in [0.25, 0.3) is 0 Å². The minimum atomic E-state index is -1.60. The molecule has 0 bridgehead atoms. The molecule has 1 aromatic rings. The number of halogens is 1. The molecule has 0 saturated carbocycles. The molecular formula is C13H14ClNO5S. The van der Waals surface area contributed by atoms with E-state index < -0.39 is 16.8 Å². The van der Waals surface area contributed by atoms with Crippen LogP contribution >= 0.6 is 11.6 Å². The van der Waals surface area contributed by atoms with Gasteiger partial charge in [-0.05, 0) is 18.2 Å². The SMILES string of the molecule is O=C(O)c1cc(S(=O)CC(=O)N2CCOCC2)ccc1Cl. The van der Waals surface area contributed by atoms with E-state index in [0.29, 0.717) is 26.3 Å². The molecule has 1 atom stereocenters. The quantitative estimate of drug-likeness (QED) is 0.890. The number of carboxylic acids is 1. The lowest BCUT2D eigenvalue weighted by Gasteiger charge is -2.26. The Balaban J connectivity index is 2.07. The highest BCUT2D eigenvalue weighted by Crippen LogP contribution is 2.20. The number of carboxylic acid groups (broad SMARTS) is 1. The first-order chi connectivity index (χ1) is 9.99. The number of carbonyl (C=O) groups is 2. The summed E-state index contributed by atoms with van der Waals surface area (Å²) >= 11 is 5.75. The Kier molecular flexibility index (Phi) is 5.33. The van der Waals surface area contributed by atoms with Crippen LogP contribution in [0.2, 0.25) is 5.02 Å². The number of hydrogen-bond acceptors (Lipinski definition) is 4. The van der Waals surface area contributed by atoms with Gasteiger partial charge in [-0.25, -0.2) is 4.79 Å². The Morgan fingerprint density at radius 2 is 2.00 bits per heavy atom. The van der Waals surface area contributed by atoms with Crippen molar-refractivity contribution in [3.8, 4) is 0 Å². The maximum atomic E-state index is 12.2. The van der Waals surface area contributed by atoms with Gasteiger partial charge in [-0.3, -0.25) is 9.00 Å². The fourth-order valence-electron chi connectivity index (χ4n) is 1.91. The predicted octanol–water partition coefficient (Wildman–Crippen LogP) is 1.00. The lowest BCUT2D eigenvalue weighted by molar-refractivity contribution is -0.132. The van der Waals surface area contributed by atoms with Crippen molar-refractivity contribution >= 4 is 34.3 Å². The number of benzene rings is 1. The van der Waals surface area contributed by atoms with Crippen molar-refractivity contribution in [2.24, 2.45) is 0 Å². The lowest BCUT2D eigenvalue weighted by Crippen LogP contribution is -2.42. The summed E-state index contributed by atoms with van der Waals surface area (Å²) in [5.41, 5.74) is -0.124. The number of morpholine rings is 1. The fourth-order valence-corrected chi connectivity index (χ4v) is 3.15. The zero-order chi connectivity index (χ0) is 15.4. The Morgan fingerprint density at radius 1 is 1.33 bits per heavy atom. The maximum Gasteiger partial charge on any atom is 0.337 e. The van der Waals surface area contributed by atoms with Crippen LogP contribution in [-0.2, 0) is 20.3 Å². The summed E-state index contributed by atoms with van der Waals surface area (Å²) in [4.78, 5) is 24.9. The number of rotatable bonds is 4. The first-order valence-corrected chi connectivity index (χ1v) is 7.95. The second-order valence-electron chi connectivity index (χ2n) is 4.43. The van der Waals surface area contributed by atoms with Gasteiger partial charge in [0.1, 0.15) is 5.75 Å². The van der Waals surface area contributed by atoms with E-state index in [1.54, 1.807) is 4.90 Å². The van der Waals surface area contributed by atoms with Gasteiger partial charge in [0.2, 0.25) is 5.91 Å². The lowest BCUT2D eigenvalue weighted by atomic mass is 10.2. The molecule has 1 saturated heterocycles. The van der Waals surface area contributed by atoms with Crippen molar-refractivity contribution in [3.63, 3.8) is 0 Å². The third-order valence-electron chi connectivity index (χ3n) is 3.05. The zero-order valence-corrected chi connectivity index (χ0v) is 12.7. The molecule has 1 aliphatic rings. The van der Waals surface area contributed by atoms with E-state index in [1.165, 1.54) is 18.2 Å². The van der Waals surface area contributed by atoms with Crippen molar-refractivity contribution in [2.45, 2.75) is 4.90 Å². The second kappa shape index (κ2) is 7.02. The number of ether oxygens (including phenoxy) is 1. The summed E-state index contributed by atoms with van der Waals surface area (Å²) in [5.74, 6) is -1.61. The zero-order valence-electron chi connectivity index (χ0n) is 11.1. The van der Waals surface area contributed by atoms with Crippen LogP contribution in [0.3, 0.4) is 0 Å². The maximum absolute atomic E-state index is 12.2. The van der Waals surface area contributed by atoms with E-state index in [0.717, 1.165) is 0 Å². The number of hydrogen-bond donors (Lipinski definition) is 1. The van der Waals surface area contributed by atoms with Crippen LogP contribution in [0, 0.1) is 0 Å². The molecule has 1 aliphatic heterocycles. The highest BCUT2D eigenvalue weighted by molar-refractivity contribution is 7.85. The summed E-state index contributed by atoms with van der Waals surface area (Å²) in [7, 11) is -1.60. The largest absolute Gasteiger partial charge is 0.478 e. The average molecular weight is 332 g/mol. The minimum Gasteiger partial charge on any atom is -0.478 e. The fraction of sp³-hybridized carbons (Fsp3) is 0.385.